The van der Waals surface area contributed by atoms with E-state index in [0.29, 0.717) is 5.41 Å². The highest BCUT2D eigenvalue weighted by Crippen LogP contribution is 2.44. The predicted octanol–water partition coefficient (Wildman–Crippen LogP) is 3.98. The van der Waals surface area contributed by atoms with Gasteiger partial charge < -0.3 is 0 Å². The van der Waals surface area contributed by atoms with E-state index in [2.05, 4.69) is 50.3 Å². The lowest BCUT2D eigenvalue weighted by Gasteiger charge is -2.25. The second-order valence-electron chi connectivity index (χ2n) is 5.34. The van der Waals surface area contributed by atoms with Crippen LogP contribution in [0.25, 0.3) is 5.57 Å². The molecule has 0 spiro atoms. The van der Waals surface area contributed by atoms with Crippen molar-refractivity contribution in [2.45, 2.75) is 26.7 Å². The Morgan fingerprint density at radius 1 is 1.13 bits per heavy atom. The minimum absolute atomic E-state index is 0.330. The van der Waals surface area contributed by atoms with Crippen LogP contribution in [-0.4, -0.2) is 0 Å². The van der Waals surface area contributed by atoms with Crippen molar-refractivity contribution in [1.29, 1.82) is 0 Å². The summed E-state index contributed by atoms with van der Waals surface area (Å²) in [6, 6.07) is 8.83. The molecule has 0 aromatic heterocycles. The summed E-state index contributed by atoms with van der Waals surface area (Å²) in [5.74, 6) is 0. The molecule has 0 nitrogen and oxygen atoms in total. The van der Waals surface area contributed by atoms with E-state index in [1.54, 1.807) is 5.57 Å². The minimum atomic E-state index is 0.330. The molecule has 15 heavy (non-hydrogen) atoms. The standard InChI is InChI=1S/C15H16/c1-15(2)8-7-12-9-11-5-3-4-6-13(11)14(12)10-15/h3-8H,9-10H2,1-2H3. The molecule has 0 aliphatic heterocycles. The summed E-state index contributed by atoms with van der Waals surface area (Å²) in [5.41, 5.74) is 6.44. The van der Waals surface area contributed by atoms with E-state index in [0.717, 1.165) is 6.42 Å². The van der Waals surface area contributed by atoms with E-state index in [4.69, 9.17) is 0 Å². The fourth-order valence-electron chi connectivity index (χ4n) is 2.66. The zero-order valence-electron chi connectivity index (χ0n) is 9.38. The van der Waals surface area contributed by atoms with E-state index in [-0.39, 0.29) is 0 Å². The van der Waals surface area contributed by atoms with E-state index in [1.165, 1.54) is 23.1 Å². The van der Waals surface area contributed by atoms with Crippen LogP contribution in [0.5, 0.6) is 0 Å². The van der Waals surface area contributed by atoms with Gasteiger partial charge in [-0.05, 0) is 40.5 Å². The Balaban J connectivity index is 2.10. The van der Waals surface area contributed by atoms with Crippen LogP contribution in [0.1, 0.15) is 31.4 Å². The zero-order valence-corrected chi connectivity index (χ0v) is 9.38. The van der Waals surface area contributed by atoms with Crippen LogP contribution in [0.3, 0.4) is 0 Å². The number of hydrogen-bond acceptors (Lipinski definition) is 0. The Labute approximate surface area is 91.3 Å². The van der Waals surface area contributed by atoms with Crippen LogP contribution in [0, 0.1) is 5.41 Å². The van der Waals surface area contributed by atoms with Crippen LogP contribution in [0.2, 0.25) is 0 Å². The Morgan fingerprint density at radius 2 is 1.93 bits per heavy atom. The highest BCUT2D eigenvalue weighted by molar-refractivity contribution is 5.80. The number of hydrogen-bond donors (Lipinski definition) is 0. The number of rotatable bonds is 0. The molecule has 0 unspecified atom stereocenters. The quantitative estimate of drug-likeness (QED) is 0.588. The lowest BCUT2D eigenvalue weighted by atomic mass is 9.79. The van der Waals surface area contributed by atoms with Crippen LogP contribution >= 0.6 is 0 Å². The molecule has 0 heterocycles. The molecule has 0 atom stereocenters. The van der Waals surface area contributed by atoms with Gasteiger partial charge in [-0.2, -0.15) is 0 Å². The van der Waals surface area contributed by atoms with Crippen LogP contribution in [0.4, 0.5) is 0 Å². The number of benzene rings is 1. The lowest BCUT2D eigenvalue weighted by molar-refractivity contribution is 0.491. The van der Waals surface area contributed by atoms with Crippen LogP contribution in [0.15, 0.2) is 42.0 Å². The molecule has 1 aromatic carbocycles. The van der Waals surface area contributed by atoms with Crippen LogP contribution in [-0.2, 0) is 6.42 Å². The Morgan fingerprint density at radius 3 is 2.80 bits per heavy atom. The van der Waals surface area contributed by atoms with Crippen molar-refractivity contribution in [1.82, 2.24) is 0 Å². The molecule has 76 valence electrons. The predicted molar refractivity (Wildman–Crippen MR) is 64.6 cm³/mol. The summed E-state index contributed by atoms with van der Waals surface area (Å²) in [6.45, 7) is 4.63. The van der Waals surface area contributed by atoms with Crippen LogP contribution < -0.4 is 0 Å². The van der Waals surface area contributed by atoms with Gasteiger partial charge in [-0.3, -0.25) is 0 Å². The second-order valence-corrected chi connectivity index (χ2v) is 5.34. The van der Waals surface area contributed by atoms with Crippen molar-refractivity contribution in [2.75, 3.05) is 0 Å². The highest BCUT2D eigenvalue weighted by Gasteiger charge is 2.28. The Bertz CT molecular complexity index is 473. The average molecular weight is 196 g/mol. The van der Waals surface area contributed by atoms with Crippen molar-refractivity contribution < 1.29 is 0 Å². The van der Waals surface area contributed by atoms with Crippen molar-refractivity contribution in [3.05, 3.63) is 53.1 Å². The van der Waals surface area contributed by atoms with Gasteiger partial charge in [-0.15, -0.1) is 0 Å². The molecular formula is C15H16. The third-order valence-electron chi connectivity index (χ3n) is 3.48. The summed E-state index contributed by atoms with van der Waals surface area (Å²) < 4.78 is 0. The highest BCUT2D eigenvalue weighted by atomic mass is 14.3. The van der Waals surface area contributed by atoms with E-state index in [1.807, 2.05) is 0 Å². The topological polar surface area (TPSA) is 0 Å². The third kappa shape index (κ3) is 1.36. The van der Waals surface area contributed by atoms with Gasteiger partial charge in [0, 0.05) is 0 Å². The first kappa shape index (κ1) is 8.96. The molecule has 2 aliphatic carbocycles. The van der Waals surface area contributed by atoms with Gasteiger partial charge >= 0.3 is 0 Å². The van der Waals surface area contributed by atoms with Gasteiger partial charge in [0.2, 0.25) is 0 Å². The van der Waals surface area contributed by atoms with Crippen molar-refractivity contribution in [3.63, 3.8) is 0 Å². The number of allylic oxidation sites excluding steroid dienone is 4. The summed E-state index contributed by atoms with van der Waals surface area (Å²) >= 11 is 0. The zero-order chi connectivity index (χ0) is 10.5. The summed E-state index contributed by atoms with van der Waals surface area (Å²) in [7, 11) is 0. The van der Waals surface area contributed by atoms with Gasteiger partial charge in [0.25, 0.3) is 0 Å². The first-order chi connectivity index (χ1) is 7.16. The minimum Gasteiger partial charge on any atom is -0.0782 e. The molecule has 0 heteroatoms. The molecule has 0 saturated heterocycles. The van der Waals surface area contributed by atoms with E-state index in [9.17, 15) is 0 Å². The summed E-state index contributed by atoms with van der Waals surface area (Å²) in [5, 5.41) is 0. The van der Waals surface area contributed by atoms with Gasteiger partial charge in [0.1, 0.15) is 0 Å². The second kappa shape index (κ2) is 2.85. The molecule has 1 aromatic rings. The summed E-state index contributed by atoms with van der Waals surface area (Å²) in [4.78, 5) is 0. The maximum Gasteiger partial charge on any atom is -0.00169 e. The van der Waals surface area contributed by atoms with Gasteiger partial charge in [0.15, 0.2) is 0 Å². The maximum absolute atomic E-state index is 2.36. The van der Waals surface area contributed by atoms with Crippen molar-refractivity contribution >= 4 is 5.57 Å². The largest absolute Gasteiger partial charge is 0.0782 e. The van der Waals surface area contributed by atoms with Gasteiger partial charge in [-0.1, -0.05) is 50.3 Å². The first-order valence-corrected chi connectivity index (χ1v) is 5.65. The van der Waals surface area contributed by atoms with E-state index >= 15 is 0 Å². The smallest absolute Gasteiger partial charge is 0.00169 e. The molecule has 0 fully saturated rings. The normalized spacial score (nSPS) is 21.5. The fourth-order valence-corrected chi connectivity index (χ4v) is 2.66. The molecule has 2 aliphatic rings. The molecule has 3 rings (SSSR count). The van der Waals surface area contributed by atoms with Gasteiger partial charge in [0.05, 0.1) is 0 Å². The summed E-state index contributed by atoms with van der Waals surface area (Å²) in [6.07, 6.45) is 7.02. The first-order valence-electron chi connectivity index (χ1n) is 5.65. The SMILES string of the molecule is CC1(C)C=CC2=C(C1)c1ccccc1C2. The fraction of sp³-hybridized carbons (Fsp3) is 0.333. The van der Waals surface area contributed by atoms with Crippen molar-refractivity contribution in [3.8, 4) is 0 Å². The molecule has 0 amide bonds. The molecule has 0 bridgehead atoms. The lowest BCUT2D eigenvalue weighted by Crippen LogP contribution is -2.11. The molecule has 0 saturated carbocycles. The third-order valence-corrected chi connectivity index (χ3v) is 3.48. The van der Waals surface area contributed by atoms with Gasteiger partial charge in [-0.25, -0.2) is 0 Å². The Kier molecular flexibility index (Phi) is 1.70. The number of fused-ring (bicyclic) bond motifs is 2. The monoisotopic (exact) mass is 196 g/mol. The van der Waals surface area contributed by atoms with E-state index < -0.39 is 0 Å². The molecular weight excluding hydrogens is 180 g/mol. The maximum atomic E-state index is 2.36. The Hall–Kier alpha value is -1.30. The molecule has 0 radical (unpaired) electrons. The van der Waals surface area contributed by atoms with Crippen molar-refractivity contribution in [2.24, 2.45) is 5.41 Å². The average Bonchev–Trinajstić information content (AvgIpc) is 2.55. The molecule has 0 N–H and O–H groups in total.